The summed E-state index contributed by atoms with van der Waals surface area (Å²) in [7, 11) is 0. The van der Waals surface area contributed by atoms with Crippen LogP contribution in [0, 0.1) is 6.92 Å². The molecule has 9 nitrogen and oxygen atoms in total. The number of urea groups is 1. The Morgan fingerprint density at radius 3 is 2.51 bits per heavy atom. The number of aryl methyl sites for hydroxylation is 1. The number of nitrogens with one attached hydrogen (secondary N) is 3. The summed E-state index contributed by atoms with van der Waals surface area (Å²) in [5.74, 6) is 2.74. The summed E-state index contributed by atoms with van der Waals surface area (Å²) in [6.45, 7) is 12.7. The molecule has 3 aromatic heterocycles. The normalized spacial score (nSPS) is 16.7. The average molecular weight is 579 g/mol. The second-order valence-corrected chi connectivity index (χ2v) is 12.7. The van der Waals surface area contributed by atoms with Crippen LogP contribution in [0.25, 0.3) is 11.3 Å². The van der Waals surface area contributed by atoms with Gasteiger partial charge in [0.05, 0.1) is 17.4 Å². The molecule has 2 amide bonds. The van der Waals surface area contributed by atoms with Gasteiger partial charge in [0.25, 0.3) is 0 Å². The Morgan fingerprint density at radius 2 is 1.79 bits per heavy atom. The van der Waals surface area contributed by atoms with Crippen LogP contribution in [0.2, 0.25) is 0 Å². The van der Waals surface area contributed by atoms with E-state index in [1.807, 2.05) is 60.8 Å². The molecule has 1 aliphatic carbocycles. The van der Waals surface area contributed by atoms with Crippen LogP contribution in [0.3, 0.4) is 0 Å². The average Bonchev–Trinajstić information content (AvgIpc) is 3.59. The third kappa shape index (κ3) is 5.84. The number of hydrogen-bond donors (Lipinski definition) is 3. The fraction of sp³-hybridized carbons (Fsp3) is 0.353. The number of carbonyl (C=O) groups excluding carboxylic acids is 1. The number of amides is 2. The van der Waals surface area contributed by atoms with Gasteiger partial charge in [-0.05, 0) is 49.1 Å². The van der Waals surface area contributed by atoms with Gasteiger partial charge in [-0.15, -0.1) is 5.10 Å². The van der Waals surface area contributed by atoms with Crippen LogP contribution < -0.4 is 19.8 Å². The smallest absolute Gasteiger partial charge is 0.320 e. The van der Waals surface area contributed by atoms with Gasteiger partial charge >= 0.3 is 11.7 Å². The van der Waals surface area contributed by atoms with Crippen molar-refractivity contribution >= 4 is 17.5 Å². The van der Waals surface area contributed by atoms with Gasteiger partial charge in [-0.25, -0.2) is 9.48 Å². The van der Waals surface area contributed by atoms with Crippen molar-refractivity contribution in [2.24, 2.45) is 0 Å². The summed E-state index contributed by atoms with van der Waals surface area (Å²) >= 11 is 0. The van der Waals surface area contributed by atoms with Crippen LogP contribution in [-0.4, -0.2) is 26.0 Å². The van der Waals surface area contributed by atoms with Gasteiger partial charge in [0.1, 0.15) is 18.1 Å². The van der Waals surface area contributed by atoms with Crippen molar-refractivity contribution < 1.29 is 13.9 Å². The van der Waals surface area contributed by atoms with E-state index < -0.39 is 0 Å². The summed E-state index contributed by atoms with van der Waals surface area (Å²) in [4.78, 5) is 13.4. The van der Waals surface area contributed by atoms with E-state index in [2.05, 4.69) is 78.9 Å². The molecule has 0 saturated heterocycles. The molecule has 3 heterocycles. The summed E-state index contributed by atoms with van der Waals surface area (Å²) in [5.41, 5.74) is 5.80. The second-order valence-electron chi connectivity index (χ2n) is 12.7. The molecule has 0 fully saturated rings. The van der Waals surface area contributed by atoms with Gasteiger partial charge in [0.15, 0.2) is 5.75 Å². The molecule has 43 heavy (non-hydrogen) atoms. The Kier molecular flexibility index (Phi) is 7.42. The highest BCUT2D eigenvalue weighted by atomic mass is 16.5. The molecule has 0 saturated carbocycles. The number of anilines is 1. The molecule has 2 atom stereocenters. The van der Waals surface area contributed by atoms with Crippen molar-refractivity contribution in [3.05, 3.63) is 101 Å². The topological polar surface area (TPSA) is 101 Å². The summed E-state index contributed by atoms with van der Waals surface area (Å²) in [6.07, 6.45) is 3.39. The first-order valence-electron chi connectivity index (χ1n) is 15.0. The number of pyridine rings is 1. The van der Waals surface area contributed by atoms with Gasteiger partial charge in [-0.2, -0.15) is 9.50 Å². The summed E-state index contributed by atoms with van der Waals surface area (Å²) in [6, 6.07) is 21.8. The summed E-state index contributed by atoms with van der Waals surface area (Å²) < 4.78 is 10.4. The molecular formula is C34H40N7O2+. The number of H-pyrrole nitrogens is 1. The lowest BCUT2D eigenvalue weighted by atomic mass is 9.85. The van der Waals surface area contributed by atoms with Crippen molar-refractivity contribution in [3.8, 4) is 11.4 Å². The fourth-order valence-electron chi connectivity index (χ4n) is 5.62. The van der Waals surface area contributed by atoms with E-state index in [4.69, 9.17) is 9.84 Å². The minimum Gasteiger partial charge on any atom is -0.483 e. The Labute approximate surface area is 252 Å². The van der Waals surface area contributed by atoms with Gasteiger partial charge in [0.2, 0.25) is 5.82 Å². The van der Waals surface area contributed by atoms with E-state index in [-0.39, 0.29) is 23.6 Å². The van der Waals surface area contributed by atoms with E-state index in [9.17, 15) is 4.79 Å². The Hall–Kier alpha value is -4.66. The number of benzene rings is 2. The van der Waals surface area contributed by atoms with Crippen LogP contribution in [0.4, 0.5) is 10.6 Å². The molecule has 0 aliphatic heterocycles. The number of aromatic amines is 1. The van der Waals surface area contributed by atoms with Gasteiger partial charge in [-0.1, -0.05) is 76.6 Å². The lowest BCUT2D eigenvalue weighted by Gasteiger charge is -2.32. The number of ether oxygens (including phenoxy) is 1. The van der Waals surface area contributed by atoms with E-state index >= 15 is 0 Å². The number of nitrogens with zero attached hydrogens (tertiary/aromatic N) is 4. The monoisotopic (exact) mass is 578 g/mol. The first kappa shape index (κ1) is 28.5. The molecule has 6 rings (SSSR count). The molecule has 3 N–H and O–H groups in total. The Balaban J connectivity index is 1.21. The zero-order valence-corrected chi connectivity index (χ0v) is 25.7. The highest BCUT2D eigenvalue weighted by molar-refractivity contribution is 5.89. The molecule has 0 spiro atoms. The molecule has 0 unspecified atom stereocenters. The number of fused-ring (bicyclic) bond motifs is 2. The number of hydrogen-bond acceptors (Lipinski definition) is 4. The van der Waals surface area contributed by atoms with Crippen LogP contribution >= 0.6 is 0 Å². The van der Waals surface area contributed by atoms with Crippen LogP contribution in [-0.2, 0) is 5.41 Å². The first-order chi connectivity index (χ1) is 20.6. The van der Waals surface area contributed by atoms with Gasteiger partial charge < -0.3 is 10.1 Å². The molecule has 2 aromatic carbocycles. The zero-order chi connectivity index (χ0) is 30.3. The van der Waals surface area contributed by atoms with Crippen molar-refractivity contribution in [1.82, 2.24) is 25.3 Å². The maximum atomic E-state index is 13.4. The number of rotatable bonds is 6. The molecule has 0 bridgehead atoms. The lowest BCUT2D eigenvalue weighted by Crippen LogP contribution is -2.36. The van der Waals surface area contributed by atoms with Crippen molar-refractivity contribution in [2.75, 3.05) is 5.32 Å². The molecular weight excluding hydrogens is 538 g/mol. The predicted molar refractivity (Wildman–Crippen MR) is 167 cm³/mol. The molecule has 222 valence electrons. The maximum absolute atomic E-state index is 13.4. The largest absolute Gasteiger partial charge is 0.483 e. The Morgan fingerprint density at radius 1 is 1.05 bits per heavy atom. The minimum absolute atomic E-state index is 0.123. The van der Waals surface area contributed by atoms with E-state index in [1.165, 1.54) is 5.56 Å². The van der Waals surface area contributed by atoms with E-state index in [1.54, 1.807) is 4.68 Å². The molecule has 1 aliphatic rings. The molecule has 5 aromatic rings. The third-order valence-corrected chi connectivity index (χ3v) is 8.01. The predicted octanol–water partition coefficient (Wildman–Crippen LogP) is 6.84. The van der Waals surface area contributed by atoms with Crippen molar-refractivity contribution in [2.45, 2.75) is 77.9 Å². The number of aromatic nitrogens is 5. The summed E-state index contributed by atoms with van der Waals surface area (Å²) in [5, 5.41) is 18.7. The van der Waals surface area contributed by atoms with Crippen molar-refractivity contribution in [3.63, 3.8) is 0 Å². The zero-order valence-electron chi connectivity index (χ0n) is 25.7. The minimum atomic E-state index is -0.268. The van der Waals surface area contributed by atoms with Gasteiger partial charge in [-0.3, -0.25) is 5.32 Å². The van der Waals surface area contributed by atoms with Crippen molar-refractivity contribution in [1.29, 1.82) is 0 Å². The fourth-order valence-corrected chi connectivity index (χ4v) is 5.62. The quantitative estimate of drug-likeness (QED) is 0.192. The van der Waals surface area contributed by atoms with E-state index in [0.29, 0.717) is 11.7 Å². The van der Waals surface area contributed by atoms with Gasteiger partial charge in [0, 0.05) is 28.6 Å². The molecule has 0 radical (unpaired) electrons. The SMILES string of the molecule is Cc1ccc(-n2nc(C(C)(C)C)cc2NC(=O)N[C@H]2CC[C@@H](Oc3ccc4n[nH]c(C(C)C)[n+]4c3)c3ccccc32)cc1. The third-order valence-electron chi connectivity index (χ3n) is 8.01. The maximum Gasteiger partial charge on any atom is 0.320 e. The first-order valence-corrected chi connectivity index (χ1v) is 15.0. The number of carbonyl (C=O) groups is 1. The highest BCUT2D eigenvalue weighted by Gasteiger charge is 2.30. The standard InChI is InChI=1S/C34H39N7O2/c1-21(2)32-38-37-30-18-15-24(20-40(30)32)43-28-17-16-27(25-9-7-8-10-26(25)28)35-33(42)36-31-19-29(34(4,5)6)39-41(31)23-13-11-22(3)12-14-23/h7-15,18-21,27-28H,16-17H2,1-6H3,(H2,35,36,39,42)/p+1/t27-,28+/m0/s1. The Bertz CT molecular complexity index is 1760. The van der Waals surface area contributed by atoms with Crippen LogP contribution in [0.1, 0.15) is 93.7 Å². The molecule has 9 heteroatoms. The van der Waals surface area contributed by atoms with E-state index in [0.717, 1.165) is 52.6 Å². The second kappa shape index (κ2) is 11.2. The highest BCUT2D eigenvalue weighted by Crippen LogP contribution is 2.39. The van der Waals surface area contributed by atoms with Crippen LogP contribution in [0.5, 0.6) is 5.75 Å². The van der Waals surface area contributed by atoms with Crippen LogP contribution in [0.15, 0.2) is 72.9 Å². The lowest BCUT2D eigenvalue weighted by molar-refractivity contribution is -0.524.